The van der Waals surface area contributed by atoms with E-state index in [1.807, 2.05) is 13.8 Å². The molecule has 0 aliphatic rings. The van der Waals surface area contributed by atoms with E-state index in [2.05, 4.69) is 20.5 Å². The maximum Gasteiger partial charge on any atom is 0.294 e. The molecule has 11 nitrogen and oxygen atoms in total. The molecule has 1 aromatic carbocycles. The first kappa shape index (κ1) is 24.1. The van der Waals surface area contributed by atoms with Gasteiger partial charge in [-0.25, -0.2) is 0 Å². The second-order valence-electron chi connectivity index (χ2n) is 7.71. The summed E-state index contributed by atoms with van der Waals surface area (Å²) in [5.41, 5.74) is -0.138. The number of hydrogen-bond donors (Lipinski definition) is 4. The molecule has 2 aromatic rings. The number of pyridine rings is 1. The predicted molar refractivity (Wildman–Crippen MR) is 113 cm³/mol. The molecule has 1 heterocycles. The van der Waals surface area contributed by atoms with Crippen molar-refractivity contribution in [3.05, 3.63) is 50.8 Å². The van der Waals surface area contributed by atoms with Crippen LogP contribution in [-0.2, 0) is 9.63 Å². The van der Waals surface area contributed by atoms with Crippen molar-refractivity contribution < 1.29 is 24.6 Å². The summed E-state index contributed by atoms with van der Waals surface area (Å²) >= 11 is 0. The number of fused-ring (bicyclic) bond motifs is 1. The van der Waals surface area contributed by atoms with Crippen molar-refractivity contribution in [1.29, 1.82) is 0 Å². The summed E-state index contributed by atoms with van der Waals surface area (Å²) in [5, 5.41) is 26.0. The summed E-state index contributed by atoms with van der Waals surface area (Å²) in [6.07, 6.45) is -0.328. The minimum absolute atomic E-state index is 0.0317. The van der Waals surface area contributed by atoms with Crippen LogP contribution in [0, 0.1) is 10.1 Å². The Morgan fingerprint density at radius 3 is 2.84 bits per heavy atom. The molecule has 1 unspecified atom stereocenters. The highest BCUT2D eigenvalue weighted by atomic mass is 16.9. The molecule has 2 rings (SSSR count). The third-order valence-electron chi connectivity index (χ3n) is 4.42. The maximum absolute atomic E-state index is 12.0. The van der Waals surface area contributed by atoms with Gasteiger partial charge >= 0.3 is 0 Å². The van der Waals surface area contributed by atoms with Crippen molar-refractivity contribution in [2.24, 2.45) is 0 Å². The van der Waals surface area contributed by atoms with Gasteiger partial charge in [0.2, 0.25) is 11.5 Å². The van der Waals surface area contributed by atoms with Gasteiger partial charge in [-0.15, -0.1) is 10.1 Å². The Labute approximate surface area is 178 Å². The lowest BCUT2D eigenvalue weighted by Crippen LogP contribution is -2.47. The van der Waals surface area contributed by atoms with Crippen molar-refractivity contribution in [2.75, 3.05) is 26.3 Å². The monoisotopic (exact) mass is 436 g/mol. The lowest BCUT2D eigenvalue weighted by molar-refractivity contribution is -0.757. The highest BCUT2D eigenvalue weighted by Crippen LogP contribution is 2.23. The number of rotatable bonds is 13. The van der Waals surface area contributed by atoms with Crippen LogP contribution in [-0.4, -0.2) is 59.0 Å². The van der Waals surface area contributed by atoms with E-state index in [4.69, 9.17) is 4.74 Å². The molecular formula is C20H28N4O7. The predicted octanol–water partition coefficient (Wildman–Crippen LogP) is 0.741. The van der Waals surface area contributed by atoms with E-state index in [0.29, 0.717) is 17.7 Å². The number of benzene rings is 1. The van der Waals surface area contributed by atoms with Crippen LogP contribution in [0.25, 0.3) is 10.9 Å². The van der Waals surface area contributed by atoms with Crippen molar-refractivity contribution in [2.45, 2.75) is 38.3 Å². The van der Waals surface area contributed by atoms with E-state index in [1.54, 1.807) is 24.3 Å². The number of H-pyrrole nitrogens is 1. The van der Waals surface area contributed by atoms with Crippen LogP contribution in [0.5, 0.6) is 5.75 Å². The Morgan fingerprint density at radius 1 is 1.32 bits per heavy atom. The molecule has 0 aliphatic carbocycles. The molecule has 0 saturated carbocycles. The van der Waals surface area contributed by atoms with Crippen LogP contribution in [0.1, 0.15) is 26.7 Å². The Balaban J connectivity index is 1.73. The minimum atomic E-state index is -0.870. The maximum atomic E-state index is 12.0. The molecule has 0 saturated heterocycles. The summed E-state index contributed by atoms with van der Waals surface area (Å²) in [4.78, 5) is 40.4. The molecule has 0 bridgehead atoms. The fraction of sp³-hybridized carbons (Fsp3) is 0.500. The van der Waals surface area contributed by atoms with Gasteiger partial charge in [0.15, 0.2) is 0 Å². The Hall–Kier alpha value is -3.18. The number of hydrogen-bond acceptors (Lipinski definition) is 8. The summed E-state index contributed by atoms with van der Waals surface area (Å²) in [6.45, 7) is 4.10. The highest BCUT2D eigenvalue weighted by molar-refractivity contribution is 5.84. The van der Waals surface area contributed by atoms with Crippen molar-refractivity contribution in [1.82, 2.24) is 15.6 Å². The number of aromatic amines is 1. The second kappa shape index (κ2) is 11.3. The molecule has 170 valence electrons. The number of aliphatic hydroxyl groups excluding tert-OH is 1. The number of aliphatic hydroxyl groups is 1. The largest absolute Gasteiger partial charge is 0.490 e. The molecular weight excluding hydrogens is 408 g/mol. The number of carbonyl (C=O) groups is 1. The topological polar surface area (TPSA) is 156 Å². The summed E-state index contributed by atoms with van der Waals surface area (Å²) in [5.74, 6) is 0.335. The van der Waals surface area contributed by atoms with Gasteiger partial charge in [0.05, 0.1) is 12.1 Å². The highest BCUT2D eigenvalue weighted by Gasteiger charge is 2.22. The molecule has 11 heteroatoms. The van der Waals surface area contributed by atoms with E-state index >= 15 is 0 Å². The zero-order valence-electron chi connectivity index (χ0n) is 17.6. The van der Waals surface area contributed by atoms with Gasteiger partial charge in [-0.3, -0.25) is 9.59 Å². The number of amides is 1. The zero-order valence-corrected chi connectivity index (χ0v) is 17.6. The first-order chi connectivity index (χ1) is 14.7. The number of β-amino-alcohol motifs (C(OH)–C–C–N with tert-alkyl or cyclic N) is 1. The van der Waals surface area contributed by atoms with Crippen LogP contribution in [0.15, 0.2) is 35.1 Å². The Bertz CT molecular complexity index is 945. The Kier molecular flexibility index (Phi) is 8.76. The van der Waals surface area contributed by atoms with Gasteiger partial charge in [0.25, 0.3) is 5.09 Å². The molecule has 0 aliphatic heterocycles. The molecule has 1 aromatic heterocycles. The van der Waals surface area contributed by atoms with E-state index in [0.717, 1.165) is 5.39 Å². The van der Waals surface area contributed by atoms with E-state index in [1.165, 1.54) is 6.07 Å². The van der Waals surface area contributed by atoms with E-state index in [-0.39, 0.29) is 44.2 Å². The summed E-state index contributed by atoms with van der Waals surface area (Å²) < 4.78 is 5.71. The van der Waals surface area contributed by atoms with Crippen LogP contribution in [0.2, 0.25) is 0 Å². The lowest BCUT2D eigenvalue weighted by Gasteiger charge is -2.27. The average Bonchev–Trinajstić information content (AvgIpc) is 2.69. The van der Waals surface area contributed by atoms with Gasteiger partial charge in [-0.1, -0.05) is 6.07 Å². The second-order valence-corrected chi connectivity index (χ2v) is 7.71. The normalized spacial score (nSPS) is 12.4. The fourth-order valence-corrected chi connectivity index (χ4v) is 2.89. The van der Waals surface area contributed by atoms with Gasteiger partial charge in [-0.2, -0.15) is 0 Å². The number of aromatic nitrogens is 1. The number of ether oxygens (including phenoxy) is 1. The van der Waals surface area contributed by atoms with E-state index < -0.39 is 16.7 Å². The van der Waals surface area contributed by atoms with Crippen molar-refractivity contribution >= 4 is 16.8 Å². The van der Waals surface area contributed by atoms with Crippen LogP contribution >= 0.6 is 0 Å². The van der Waals surface area contributed by atoms with Crippen LogP contribution < -0.4 is 20.9 Å². The quantitative estimate of drug-likeness (QED) is 0.203. The summed E-state index contributed by atoms with van der Waals surface area (Å²) in [7, 11) is 0. The molecule has 0 fully saturated rings. The van der Waals surface area contributed by atoms with Crippen LogP contribution in [0.4, 0.5) is 0 Å². The molecule has 31 heavy (non-hydrogen) atoms. The first-order valence-electron chi connectivity index (χ1n) is 9.88. The molecule has 0 radical (unpaired) electrons. The van der Waals surface area contributed by atoms with Gasteiger partial charge in [0.1, 0.15) is 18.5 Å². The Morgan fingerprint density at radius 2 is 2.10 bits per heavy atom. The lowest BCUT2D eigenvalue weighted by atomic mass is 10.00. The first-order valence-corrected chi connectivity index (χ1v) is 9.88. The molecule has 4 N–H and O–H groups in total. The van der Waals surface area contributed by atoms with Gasteiger partial charge in [-0.05, 0) is 38.5 Å². The van der Waals surface area contributed by atoms with E-state index in [9.17, 15) is 24.8 Å². The minimum Gasteiger partial charge on any atom is -0.490 e. The summed E-state index contributed by atoms with van der Waals surface area (Å²) in [6, 6.07) is 8.36. The van der Waals surface area contributed by atoms with Gasteiger partial charge < -0.3 is 30.3 Å². The smallest absolute Gasteiger partial charge is 0.294 e. The van der Waals surface area contributed by atoms with Gasteiger partial charge in [0, 0.05) is 36.5 Å². The number of carbonyl (C=O) groups excluding carboxylic acids is 1. The number of nitrogens with one attached hydrogen (secondary N) is 3. The molecule has 1 amide bonds. The standard InChI is InChI=1S/C20H28N4O7/c1-20(2,11-19(27)21-9-4-10-31-24(28)29)22-12-14(25)13-30-17-6-3-5-16-15(17)7-8-18(26)23-16/h3,5-8,14,22,25H,4,9-13H2,1-2H3,(H,21,27)(H,23,26). The fourth-order valence-electron chi connectivity index (χ4n) is 2.89. The third-order valence-corrected chi connectivity index (χ3v) is 4.42. The van der Waals surface area contributed by atoms with Crippen LogP contribution in [0.3, 0.4) is 0 Å². The zero-order chi connectivity index (χ0) is 22.9. The average molecular weight is 436 g/mol. The third kappa shape index (κ3) is 8.60. The SMILES string of the molecule is CC(C)(CC(=O)NCCCO[N+](=O)[O-])NCC(O)COc1cccc2[nH]c(=O)ccc12. The number of nitrogens with zero attached hydrogens (tertiary/aromatic N) is 1. The van der Waals surface area contributed by atoms with Crippen molar-refractivity contribution in [3.63, 3.8) is 0 Å². The van der Waals surface area contributed by atoms with Crippen molar-refractivity contribution in [3.8, 4) is 5.75 Å². The molecule has 0 spiro atoms. The molecule has 1 atom stereocenters.